The fourth-order valence-electron chi connectivity index (χ4n) is 2.27. The van der Waals surface area contributed by atoms with Crippen molar-refractivity contribution in [2.75, 3.05) is 12.0 Å². The molecule has 0 radical (unpaired) electrons. The van der Waals surface area contributed by atoms with Crippen molar-refractivity contribution in [1.82, 2.24) is 0 Å². The van der Waals surface area contributed by atoms with Gasteiger partial charge in [0.2, 0.25) is 0 Å². The number of thioether (sulfide) groups is 2. The van der Waals surface area contributed by atoms with Crippen molar-refractivity contribution in [2.45, 2.75) is 38.7 Å². The average molecular weight is 230 g/mol. The van der Waals surface area contributed by atoms with Gasteiger partial charge in [0, 0.05) is 11.7 Å². The van der Waals surface area contributed by atoms with Crippen LogP contribution in [-0.4, -0.2) is 16.1 Å². The van der Waals surface area contributed by atoms with Gasteiger partial charge in [-0.2, -0.15) is 0 Å². The van der Waals surface area contributed by atoms with Gasteiger partial charge in [-0.25, -0.2) is 0 Å². The molecule has 1 aliphatic rings. The van der Waals surface area contributed by atoms with Gasteiger partial charge in [-0.15, -0.1) is 23.5 Å². The Morgan fingerprint density at radius 3 is 2.43 bits per heavy atom. The van der Waals surface area contributed by atoms with E-state index >= 15 is 0 Å². The van der Waals surface area contributed by atoms with Gasteiger partial charge in [0.15, 0.2) is 0 Å². The Morgan fingerprint density at radius 2 is 2.00 bits per heavy atom. The summed E-state index contributed by atoms with van der Waals surface area (Å²) in [4.78, 5) is 0. The zero-order valence-electron chi connectivity index (χ0n) is 10.2. The Balaban J connectivity index is 3.03. The Bertz CT molecular complexity index is 243. The van der Waals surface area contributed by atoms with E-state index in [2.05, 4.69) is 52.6 Å². The highest BCUT2D eigenvalue weighted by atomic mass is 32.2. The van der Waals surface area contributed by atoms with Gasteiger partial charge in [-0.05, 0) is 26.0 Å². The molecule has 82 valence electrons. The molecule has 0 N–H and O–H groups in total. The van der Waals surface area contributed by atoms with E-state index in [1.807, 2.05) is 11.8 Å². The third-order valence-corrected chi connectivity index (χ3v) is 7.73. The maximum Gasteiger partial charge on any atom is 0.0696 e. The van der Waals surface area contributed by atoms with Gasteiger partial charge in [0.25, 0.3) is 0 Å². The van der Waals surface area contributed by atoms with E-state index in [1.165, 1.54) is 5.75 Å². The molecule has 0 saturated carbocycles. The highest BCUT2D eigenvalue weighted by Gasteiger charge is 2.42. The standard InChI is InChI=1S/C12H22S2/c1-8(2)12(13-6)11(5)10(4)9(3)7-14-12/h8,11H,7H2,1-6H3. The lowest BCUT2D eigenvalue weighted by molar-refractivity contribution is 0.460. The molecule has 0 saturated heterocycles. The van der Waals surface area contributed by atoms with E-state index in [-0.39, 0.29) is 0 Å². The highest BCUT2D eigenvalue weighted by molar-refractivity contribution is 8.18. The fraction of sp³-hybridized carbons (Fsp3) is 0.833. The van der Waals surface area contributed by atoms with Crippen LogP contribution in [0.5, 0.6) is 0 Å². The third kappa shape index (κ3) is 1.88. The number of hydrogen-bond donors (Lipinski definition) is 0. The predicted molar refractivity (Wildman–Crippen MR) is 71.1 cm³/mol. The van der Waals surface area contributed by atoms with Gasteiger partial charge >= 0.3 is 0 Å². The molecule has 0 aromatic rings. The van der Waals surface area contributed by atoms with Crippen molar-refractivity contribution < 1.29 is 0 Å². The van der Waals surface area contributed by atoms with Crippen LogP contribution in [0.2, 0.25) is 0 Å². The first-order valence-corrected chi connectivity index (χ1v) is 7.52. The van der Waals surface area contributed by atoms with Crippen LogP contribution in [0.3, 0.4) is 0 Å². The summed E-state index contributed by atoms with van der Waals surface area (Å²) in [6, 6.07) is 0. The fourth-order valence-corrected chi connectivity index (χ4v) is 5.35. The maximum absolute atomic E-state index is 2.39. The number of rotatable bonds is 2. The van der Waals surface area contributed by atoms with Crippen molar-refractivity contribution in [1.29, 1.82) is 0 Å². The summed E-state index contributed by atoms with van der Waals surface area (Å²) >= 11 is 4.19. The van der Waals surface area contributed by atoms with Gasteiger partial charge in [0.05, 0.1) is 4.08 Å². The Kier molecular flexibility index (Phi) is 4.04. The van der Waals surface area contributed by atoms with E-state index in [4.69, 9.17) is 0 Å². The molecule has 0 aliphatic carbocycles. The van der Waals surface area contributed by atoms with Gasteiger partial charge in [-0.1, -0.05) is 31.9 Å². The molecule has 0 aromatic carbocycles. The summed E-state index contributed by atoms with van der Waals surface area (Å²) in [5, 5.41) is 0. The third-order valence-electron chi connectivity index (χ3n) is 3.56. The second-order valence-corrected chi connectivity index (χ2v) is 7.15. The second-order valence-electron chi connectivity index (χ2n) is 4.55. The van der Waals surface area contributed by atoms with E-state index in [0.717, 1.165) is 5.92 Å². The van der Waals surface area contributed by atoms with Crippen LogP contribution in [0.15, 0.2) is 11.1 Å². The molecule has 2 atom stereocenters. The minimum absolute atomic E-state index is 0.406. The first kappa shape index (κ1) is 12.5. The Labute approximate surface area is 97.3 Å². The molecule has 1 rings (SSSR count). The maximum atomic E-state index is 2.39. The molecular formula is C12H22S2. The topological polar surface area (TPSA) is 0 Å². The molecule has 0 fully saturated rings. The predicted octanol–water partition coefficient (Wildman–Crippen LogP) is 4.42. The smallest absolute Gasteiger partial charge is 0.0696 e. The van der Waals surface area contributed by atoms with Gasteiger partial charge < -0.3 is 0 Å². The monoisotopic (exact) mass is 230 g/mol. The minimum atomic E-state index is 0.406. The van der Waals surface area contributed by atoms with E-state index < -0.39 is 0 Å². The summed E-state index contributed by atoms with van der Waals surface area (Å²) in [5.41, 5.74) is 3.21. The molecule has 0 nitrogen and oxygen atoms in total. The summed E-state index contributed by atoms with van der Waals surface area (Å²) in [6.45, 7) is 11.7. The minimum Gasteiger partial charge on any atom is -0.147 e. The van der Waals surface area contributed by atoms with Crippen LogP contribution in [0.25, 0.3) is 0 Å². The van der Waals surface area contributed by atoms with Crippen LogP contribution < -0.4 is 0 Å². The van der Waals surface area contributed by atoms with E-state index in [0.29, 0.717) is 10.00 Å². The highest BCUT2D eigenvalue weighted by Crippen LogP contribution is 2.53. The van der Waals surface area contributed by atoms with E-state index in [9.17, 15) is 0 Å². The lowest BCUT2D eigenvalue weighted by atomic mass is 9.88. The lowest BCUT2D eigenvalue weighted by Crippen LogP contribution is -2.38. The molecule has 1 aliphatic heterocycles. The van der Waals surface area contributed by atoms with Crippen molar-refractivity contribution in [3.63, 3.8) is 0 Å². The summed E-state index contributed by atoms with van der Waals surface area (Å²) in [7, 11) is 0. The summed E-state index contributed by atoms with van der Waals surface area (Å²) < 4.78 is 0.406. The Morgan fingerprint density at radius 1 is 1.43 bits per heavy atom. The molecule has 0 spiro atoms. The number of hydrogen-bond acceptors (Lipinski definition) is 2. The average Bonchev–Trinajstić information content (AvgIpc) is 2.15. The molecular weight excluding hydrogens is 208 g/mol. The molecule has 2 unspecified atom stereocenters. The van der Waals surface area contributed by atoms with Crippen LogP contribution in [-0.2, 0) is 0 Å². The summed E-state index contributed by atoms with van der Waals surface area (Å²) in [6.07, 6.45) is 2.26. The van der Waals surface area contributed by atoms with Crippen molar-refractivity contribution in [3.8, 4) is 0 Å². The molecule has 1 heterocycles. The molecule has 0 bridgehead atoms. The SMILES string of the molecule is CSC1(C(C)C)SCC(C)=C(C)C1C. The second kappa shape index (κ2) is 4.52. The van der Waals surface area contributed by atoms with E-state index in [1.54, 1.807) is 11.1 Å². The van der Waals surface area contributed by atoms with Crippen LogP contribution in [0.4, 0.5) is 0 Å². The first-order chi connectivity index (χ1) is 6.45. The van der Waals surface area contributed by atoms with Gasteiger partial charge in [0.1, 0.15) is 0 Å². The quantitative estimate of drug-likeness (QED) is 0.644. The Hall–Kier alpha value is 0.440. The van der Waals surface area contributed by atoms with Crippen LogP contribution in [0.1, 0.15) is 34.6 Å². The lowest BCUT2D eigenvalue weighted by Gasteiger charge is -2.45. The van der Waals surface area contributed by atoms with Gasteiger partial charge in [-0.3, -0.25) is 0 Å². The van der Waals surface area contributed by atoms with Crippen molar-refractivity contribution in [3.05, 3.63) is 11.1 Å². The van der Waals surface area contributed by atoms with Crippen LogP contribution >= 0.6 is 23.5 Å². The normalized spacial score (nSPS) is 34.1. The summed E-state index contributed by atoms with van der Waals surface area (Å²) in [5.74, 6) is 2.66. The zero-order chi connectivity index (χ0) is 10.9. The molecule has 2 heteroatoms. The molecule has 14 heavy (non-hydrogen) atoms. The molecule has 0 aromatic heterocycles. The van der Waals surface area contributed by atoms with Crippen LogP contribution in [0, 0.1) is 11.8 Å². The van der Waals surface area contributed by atoms with Crippen molar-refractivity contribution >= 4 is 23.5 Å². The zero-order valence-corrected chi connectivity index (χ0v) is 11.8. The van der Waals surface area contributed by atoms with Crippen molar-refractivity contribution in [2.24, 2.45) is 11.8 Å². The molecule has 0 amide bonds. The largest absolute Gasteiger partial charge is 0.147 e. The first-order valence-electron chi connectivity index (χ1n) is 5.31. The number of allylic oxidation sites excluding steroid dienone is 1.